The summed E-state index contributed by atoms with van der Waals surface area (Å²) in [5.74, 6) is -0.883. The van der Waals surface area contributed by atoms with Gasteiger partial charge in [-0.2, -0.15) is 10.2 Å². The second-order valence-electron chi connectivity index (χ2n) is 7.36. The van der Waals surface area contributed by atoms with Crippen molar-refractivity contribution in [1.82, 2.24) is 10.1 Å². The van der Waals surface area contributed by atoms with Gasteiger partial charge in [-0.3, -0.25) is 9.59 Å². The normalized spacial score (nSPS) is 12.1. The first-order valence-corrected chi connectivity index (χ1v) is 8.95. The van der Waals surface area contributed by atoms with E-state index < -0.39 is 17.6 Å². The number of carbonyl (C=O) groups excluding carboxylic acids is 2. The molecule has 0 fully saturated rings. The van der Waals surface area contributed by atoms with Crippen LogP contribution in [0, 0.1) is 17.2 Å². The molecule has 0 saturated heterocycles. The summed E-state index contributed by atoms with van der Waals surface area (Å²) in [6.07, 6.45) is 0.886. The van der Waals surface area contributed by atoms with Crippen LogP contribution in [0.3, 0.4) is 0 Å². The molecule has 148 valence electrons. The summed E-state index contributed by atoms with van der Waals surface area (Å²) in [6, 6.07) is 8.47. The van der Waals surface area contributed by atoms with E-state index in [4.69, 9.17) is 9.26 Å². The summed E-state index contributed by atoms with van der Waals surface area (Å²) < 4.78 is 10.3. The molecule has 8 heteroatoms. The predicted octanol–water partition coefficient (Wildman–Crippen LogP) is 3.05. The van der Waals surface area contributed by atoms with Crippen molar-refractivity contribution in [3.8, 4) is 11.8 Å². The zero-order valence-corrected chi connectivity index (χ0v) is 16.5. The van der Waals surface area contributed by atoms with Crippen molar-refractivity contribution in [2.24, 2.45) is 5.92 Å². The number of methoxy groups -OCH3 is 1. The number of ether oxygens (including phenoxy) is 1. The number of amides is 1. The molecule has 28 heavy (non-hydrogen) atoms. The van der Waals surface area contributed by atoms with Crippen molar-refractivity contribution in [2.75, 3.05) is 12.4 Å². The molecule has 2 aromatic rings. The van der Waals surface area contributed by atoms with Crippen molar-refractivity contribution in [2.45, 2.75) is 45.4 Å². The molecule has 8 nitrogen and oxygen atoms in total. The quantitative estimate of drug-likeness (QED) is 0.695. The lowest BCUT2D eigenvalue weighted by atomic mass is 9.96. The number of benzene rings is 1. The van der Waals surface area contributed by atoms with Crippen LogP contribution in [0.2, 0.25) is 0 Å². The second-order valence-corrected chi connectivity index (χ2v) is 7.36. The summed E-state index contributed by atoms with van der Waals surface area (Å²) in [5.41, 5.74) is 0.236. The van der Waals surface area contributed by atoms with Crippen LogP contribution >= 0.6 is 0 Å². The predicted molar refractivity (Wildman–Crippen MR) is 102 cm³/mol. The average Bonchev–Trinajstić information content (AvgIpc) is 3.12. The number of hydrogen-bond donors (Lipinski definition) is 1. The summed E-state index contributed by atoms with van der Waals surface area (Å²) in [5, 5.41) is 15.8. The average molecular weight is 384 g/mol. The zero-order valence-electron chi connectivity index (χ0n) is 16.5. The molecule has 1 amide bonds. The third-order valence-corrected chi connectivity index (χ3v) is 4.00. The van der Waals surface area contributed by atoms with Gasteiger partial charge in [0.25, 0.3) is 0 Å². The summed E-state index contributed by atoms with van der Waals surface area (Å²) in [7, 11) is 1.51. The first kappa shape index (κ1) is 21.1. The van der Waals surface area contributed by atoms with Crippen molar-refractivity contribution < 1.29 is 18.8 Å². The first-order chi connectivity index (χ1) is 13.2. The smallest absolute Gasteiger partial charge is 0.249 e. The Morgan fingerprint density at radius 2 is 2.11 bits per heavy atom. The molecule has 1 unspecified atom stereocenters. The van der Waals surface area contributed by atoms with Crippen LogP contribution in [0.5, 0.6) is 5.75 Å². The van der Waals surface area contributed by atoms with Crippen LogP contribution < -0.4 is 10.1 Å². The van der Waals surface area contributed by atoms with E-state index in [2.05, 4.69) is 15.5 Å². The van der Waals surface area contributed by atoms with E-state index in [1.54, 1.807) is 30.3 Å². The topological polar surface area (TPSA) is 118 Å². The molecule has 2 rings (SSSR count). The number of hydrogen-bond acceptors (Lipinski definition) is 7. The van der Waals surface area contributed by atoms with Crippen molar-refractivity contribution >= 4 is 17.4 Å². The minimum absolute atomic E-state index is 0.0665. The number of nitrogens with one attached hydrogen (secondary N) is 1. The minimum Gasteiger partial charge on any atom is -0.497 e. The first-order valence-electron chi connectivity index (χ1n) is 8.95. The van der Waals surface area contributed by atoms with Gasteiger partial charge in [0, 0.05) is 30.0 Å². The van der Waals surface area contributed by atoms with Crippen LogP contribution in [0.25, 0.3) is 0 Å². The molecule has 1 N–H and O–H groups in total. The number of aromatic nitrogens is 2. The molecule has 0 aliphatic rings. The third kappa shape index (κ3) is 5.64. The number of Topliss-reactive ketones (excluding diaryl/α,β-unsaturated/α-hetero) is 1. The molecule has 0 spiro atoms. The van der Waals surface area contributed by atoms with Gasteiger partial charge < -0.3 is 14.6 Å². The van der Waals surface area contributed by atoms with Crippen LogP contribution in [-0.2, 0) is 21.4 Å². The third-order valence-electron chi connectivity index (χ3n) is 4.00. The SMILES string of the molecule is COc1cccc(NC(=O)C(C#N)C(=O)CCCc2nc(C(C)(C)C)no2)c1. The van der Waals surface area contributed by atoms with Crippen molar-refractivity contribution in [1.29, 1.82) is 5.26 Å². The van der Waals surface area contributed by atoms with Gasteiger partial charge in [-0.25, -0.2) is 0 Å². The maximum absolute atomic E-state index is 12.3. The molecule has 0 aliphatic heterocycles. The number of nitrogens with zero attached hydrogens (tertiary/aromatic N) is 3. The van der Waals surface area contributed by atoms with E-state index in [1.165, 1.54) is 7.11 Å². The minimum atomic E-state index is -1.38. The van der Waals surface area contributed by atoms with E-state index in [-0.39, 0.29) is 11.8 Å². The van der Waals surface area contributed by atoms with Gasteiger partial charge in [0.1, 0.15) is 5.75 Å². The van der Waals surface area contributed by atoms with E-state index in [1.807, 2.05) is 20.8 Å². The number of anilines is 1. The van der Waals surface area contributed by atoms with E-state index in [0.29, 0.717) is 36.0 Å². The fourth-order valence-corrected chi connectivity index (χ4v) is 2.41. The Hall–Kier alpha value is -3.21. The highest BCUT2D eigenvalue weighted by molar-refractivity contribution is 6.09. The number of ketones is 1. The van der Waals surface area contributed by atoms with Crippen molar-refractivity contribution in [3.63, 3.8) is 0 Å². The summed E-state index contributed by atoms with van der Waals surface area (Å²) in [4.78, 5) is 28.9. The van der Waals surface area contributed by atoms with Gasteiger partial charge in [0.15, 0.2) is 17.5 Å². The summed E-state index contributed by atoms with van der Waals surface area (Å²) >= 11 is 0. The van der Waals surface area contributed by atoms with Gasteiger partial charge in [-0.05, 0) is 18.6 Å². The Labute approximate surface area is 163 Å². The van der Waals surface area contributed by atoms with Gasteiger partial charge in [-0.1, -0.05) is 32.0 Å². The molecule has 0 aliphatic carbocycles. The molecule has 0 radical (unpaired) electrons. The Morgan fingerprint density at radius 1 is 1.36 bits per heavy atom. The van der Waals surface area contributed by atoms with E-state index in [0.717, 1.165) is 0 Å². The van der Waals surface area contributed by atoms with Crippen LogP contribution in [0.4, 0.5) is 5.69 Å². The fraction of sp³-hybridized carbons (Fsp3) is 0.450. The number of aryl methyl sites for hydroxylation is 1. The second kappa shape index (κ2) is 9.13. The molecule has 1 heterocycles. The standard InChI is InChI=1S/C20H24N4O4/c1-20(2,3)19-23-17(28-24-19)10-6-9-16(25)15(12-21)18(26)22-13-7-5-8-14(11-13)27-4/h5,7-8,11,15H,6,9-10H2,1-4H3,(H,22,26). The molecule has 0 bridgehead atoms. The number of carbonyl (C=O) groups is 2. The highest BCUT2D eigenvalue weighted by Crippen LogP contribution is 2.20. The van der Waals surface area contributed by atoms with Gasteiger partial charge in [-0.15, -0.1) is 0 Å². The Balaban J connectivity index is 1.89. The maximum Gasteiger partial charge on any atom is 0.249 e. The van der Waals surface area contributed by atoms with Crippen LogP contribution in [0.15, 0.2) is 28.8 Å². The summed E-state index contributed by atoms with van der Waals surface area (Å²) in [6.45, 7) is 5.93. The lowest BCUT2D eigenvalue weighted by Crippen LogP contribution is -2.28. The Kier molecular flexibility index (Phi) is 6.88. The van der Waals surface area contributed by atoms with Gasteiger partial charge in [0.2, 0.25) is 11.8 Å². The molecular formula is C20H24N4O4. The fourth-order valence-electron chi connectivity index (χ4n) is 2.41. The number of nitriles is 1. The molecule has 1 aromatic carbocycles. The van der Waals surface area contributed by atoms with E-state index in [9.17, 15) is 14.9 Å². The Bertz CT molecular complexity index is 877. The monoisotopic (exact) mass is 384 g/mol. The lowest BCUT2D eigenvalue weighted by Gasteiger charge is -2.11. The molecule has 1 atom stereocenters. The van der Waals surface area contributed by atoms with Crippen molar-refractivity contribution in [3.05, 3.63) is 36.0 Å². The lowest BCUT2D eigenvalue weighted by molar-refractivity contribution is -0.128. The van der Waals surface area contributed by atoms with E-state index >= 15 is 0 Å². The molecule has 1 aromatic heterocycles. The largest absolute Gasteiger partial charge is 0.497 e. The van der Waals surface area contributed by atoms with Gasteiger partial charge >= 0.3 is 0 Å². The number of rotatable bonds is 8. The Morgan fingerprint density at radius 3 is 2.71 bits per heavy atom. The highest BCUT2D eigenvalue weighted by atomic mass is 16.5. The zero-order chi connectivity index (χ0) is 20.7. The maximum atomic E-state index is 12.3. The van der Waals surface area contributed by atoms with Crippen LogP contribution in [0.1, 0.15) is 45.3 Å². The highest BCUT2D eigenvalue weighted by Gasteiger charge is 2.26. The molecular weight excluding hydrogens is 360 g/mol. The molecule has 0 saturated carbocycles. The van der Waals surface area contributed by atoms with Gasteiger partial charge in [0.05, 0.1) is 13.2 Å². The van der Waals surface area contributed by atoms with Crippen LogP contribution in [-0.4, -0.2) is 28.9 Å².